The topological polar surface area (TPSA) is 175 Å². The summed E-state index contributed by atoms with van der Waals surface area (Å²) in [6, 6.07) is 3.78. The average Bonchev–Trinajstić information content (AvgIpc) is 3.55. The monoisotopic (exact) mass is 647 g/mol. The Bertz CT molecular complexity index is 1480. The molecular formula is C26H28BrN6O7S-. The Kier molecular flexibility index (Phi) is 8.82. The van der Waals surface area contributed by atoms with Crippen LogP contribution in [-0.4, -0.2) is 68.3 Å². The fourth-order valence-corrected chi connectivity index (χ4v) is 6.32. The summed E-state index contributed by atoms with van der Waals surface area (Å²) in [6.07, 6.45) is 2.10. The number of hydrogen-bond donors (Lipinski definition) is 1. The second-order valence-electron chi connectivity index (χ2n) is 9.78. The number of imidazole rings is 1. The van der Waals surface area contributed by atoms with E-state index in [4.69, 9.17) is 24.9 Å². The van der Waals surface area contributed by atoms with Gasteiger partial charge in [-0.25, -0.2) is 15.0 Å². The van der Waals surface area contributed by atoms with Crippen molar-refractivity contribution >= 4 is 62.5 Å². The number of rotatable bonds is 10. The molecule has 0 radical (unpaired) electrons. The van der Waals surface area contributed by atoms with Crippen molar-refractivity contribution in [3.8, 4) is 11.5 Å². The Morgan fingerprint density at radius 1 is 1.20 bits per heavy atom. The van der Waals surface area contributed by atoms with Crippen molar-refractivity contribution in [1.29, 1.82) is 0 Å². The molecule has 0 aliphatic carbocycles. The number of benzene rings is 1. The molecule has 2 N–H and O–H groups in total. The third kappa shape index (κ3) is 6.67. The van der Waals surface area contributed by atoms with Crippen molar-refractivity contribution in [3.05, 3.63) is 22.9 Å². The van der Waals surface area contributed by atoms with Gasteiger partial charge < -0.3 is 39.3 Å². The van der Waals surface area contributed by atoms with E-state index in [-0.39, 0.29) is 19.1 Å². The van der Waals surface area contributed by atoms with Crippen molar-refractivity contribution in [2.24, 2.45) is 5.92 Å². The molecule has 2 aromatic heterocycles. The lowest BCUT2D eigenvalue weighted by molar-refractivity contribution is -0.305. The fraction of sp³-hybridized carbons (Fsp3) is 0.462. The molecule has 1 unspecified atom stereocenters. The molecular weight excluding hydrogens is 620 g/mol. The van der Waals surface area contributed by atoms with Crippen molar-refractivity contribution in [1.82, 2.24) is 24.4 Å². The van der Waals surface area contributed by atoms with Gasteiger partial charge in [0.25, 0.3) is 5.91 Å². The van der Waals surface area contributed by atoms with E-state index in [0.717, 1.165) is 28.6 Å². The first-order valence-corrected chi connectivity index (χ1v) is 14.7. The van der Waals surface area contributed by atoms with E-state index in [0.29, 0.717) is 59.2 Å². The molecule has 1 atom stereocenters. The van der Waals surface area contributed by atoms with Gasteiger partial charge in [-0.15, -0.1) is 0 Å². The summed E-state index contributed by atoms with van der Waals surface area (Å²) in [5, 5.41) is 11.3. The number of nitrogens with zero attached hydrogens (tertiary/aromatic N) is 5. The minimum atomic E-state index is -1.34. The molecule has 13 nitrogen and oxygen atoms in total. The molecule has 41 heavy (non-hydrogen) atoms. The molecule has 2 aliphatic heterocycles. The Morgan fingerprint density at radius 3 is 2.66 bits per heavy atom. The number of piperidine rings is 1. The van der Waals surface area contributed by atoms with Gasteiger partial charge in [0.05, 0.1) is 6.42 Å². The SMILES string of the molecule is CC(OC(=O)CCC(=O)[O-])C(=O)N1CCC(CCn2c(Sc3cc4c(cc3Br)OCO4)nc3c(N)ncnc32)CC1. The van der Waals surface area contributed by atoms with Crippen molar-refractivity contribution < 1.29 is 33.7 Å². The highest BCUT2D eigenvalue weighted by Gasteiger charge is 2.28. The number of carbonyl (C=O) groups excluding carboxylic acids is 3. The highest BCUT2D eigenvalue weighted by atomic mass is 79.9. The Balaban J connectivity index is 1.22. The quantitative estimate of drug-likeness (QED) is 0.318. The number of amides is 1. The van der Waals surface area contributed by atoms with Gasteiger partial charge in [-0.05, 0) is 66.6 Å². The maximum absolute atomic E-state index is 12.8. The average molecular weight is 649 g/mol. The van der Waals surface area contributed by atoms with Crippen LogP contribution in [0.4, 0.5) is 5.82 Å². The minimum Gasteiger partial charge on any atom is -0.550 e. The van der Waals surface area contributed by atoms with Crippen LogP contribution < -0.4 is 20.3 Å². The number of carboxylic acids is 1. The van der Waals surface area contributed by atoms with Gasteiger partial charge in [-0.1, -0.05) is 11.8 Å². The number of nitrogens with two attached hydrogens (primary N) is 1. The zero-order valence-electron chi connectivity index (χ0n) is 22.2. The van der Waals surface area contributed by atoms with Crippen LogP contribution in [0.3, 0.4) is 0 Å². The Hall–Kier alpha value is -3.59. The first-order chi connectivity index (χ1) is 19.7. The third-order valence-electron chi connectivity index (χ3n) is 7.03. The van der Waals surface area contributed by atoms with E-state index >= 15 is 0 Å². The van der Waals surface area contributed by atoms with E-state index in [1.165, 1.54) is 25.0 Å². The van der Waals surface area contributed by atoms with Gasteiger partial charge in [0.1, 0.15) is 6.33 Å². The second-order valence-corrected chi connectivity index (χ2v) is 11.6. The number of carboxylic acid groups (broad SMARTS) is 1. The largest absolute Gasteiger partial charge is 0.550 e. The number of halogens is 1. The van der Waals surface area contributed by atoms with Gasteiger partial charge in [0, 0.05) is 35.0 Å². The number of carbonyl (C=O) groups is 3. The highest BCUT2D eigenvalue weighted by molar-refractivity contribution is 9.10. The minimum absolute atomic E-state index is 0.180. The number of aromatic nitrogens is 4. The summed E-state index contributed by atoms with van der Waals surface area (Å²) < 4.78 is 19.0. The molecule has 2 aliphatic rings. The molecule has 1 saturated heterocycles. The summed E-state index contributed by atoms with van der Waals surface area (Å²) in [6.45, 7) is 3.40. The van der Waals surface area contributed by atoms with Crippen molar-refractivity contribution in [3.63, 3.8) is 0 Å². The molecule has 0 saturated carbocycles. The number of anilines is 1. The Labute approximate surface area is 247 Å². The van der Waals surface area contributed by atoms with Crippen molar-refractivity contribution in [2.75, 3.05) is 25.6 Å². The van der Waals surface area contributed by atoms with Gasteiger partial charge in [0.2, 0.25) is 6.79 Å². The smallest absolute Gasteiger partial charge is 0.306 e. The molecule has 1 amide bonds. The van der Waals surface area contributed by atoms with E-state index < -0.39 is 24.5 Å². The van der Waals surface area contributed by atoms with E-state index in [2.05, 4.69) is 25.9 Å². The van der Waals surface area contributed by atoms with Gasteiger partial charge in [-0.3, -0.25) is 9.59 Å². The van der Waals surface area contributed by atoms with E-state index in [9.17, 15) is 19.5 Å². The summed E-state index contributed by atoms with van der Waals surface area (Å²) in [5.41, 5.74) is 7.31. The predicted octanol–water partition coefficient (Wildman–Crippen LogP) is 2.14. The predicted molar refractivity (Wildman–Crippen MR) is 148 cm³/mol. The second kappa shape index (κ2) is 12.5. The molecule has 1 fully saturated rings. The van der Waals surface area contributed by atoms with Gasteiger partial charge >= 0.3 is 5.97 Å². The van der Waals surface area contributed by atoms with Crippen LogP contribution in [0.5, 0.6) is 11.5 Å². The lowest BCUT2D eigenvalue weighted by atomic mass is 9.93. The molecule has 5 rings (SSSR count). The molecule has 1 aromatic carbocycles. The van der Waals surface area contributed by atoms with Crippen LogP contribution in [0.15, 0.2) is 33.0 Å². The Morgan fingerprint density at radius 2 is 1.93 bits per heavy atom. The number of fused-ring (bicyclic) bond motifs is 2. The van der Waals surface area contributed by atoms with Crippen LogP contribution in [-0.2, 0) is 25.7 Å². The van der Waals surface area contributed by atoms with E-state index in [1.807, 2.05) is 16.7 Å². The zero-order valence-corrected chi connectivity index (χ0v) is 24.6. The summed E-state index contributed by atoms with van der Waals surface area (Å²) in [7, 11) is 0. The van der Waals surface area contributed by atoms with Crippen LogP contribution in [0.2, 0.25) is 0 Å². The standard InChI is InChI=1S/C26H29BrN6O7S/c1-14(40-21(36)3-2-20(34)35)25(37)32-7-4-15(5-8-32)6-9-33-24-22(23(28)29-12-30-24)31-26(33)41-19-11-18-17(10-16(19)27)38-13-39-18/h10-12,14-15H,2-9,13H2,1H3,(H,34,35)(H2,28,29,30)/p-1. The summed E-state index contributed by atoms with van der Waals surface area (Å²) in [5.74, 6) is -0.351. The number of aliphatic carboxylic acids is 1. The lowest BCUT2D eigenvalue weighted by Crippen LogP contribution is -2.44. The third-order valence-corrected chi connectivity index (χ3v) is 9.00. The molecule has 0 bridgehead atoms. The number of hydrogen-bond acceptors (Lipinski definition) is 12. The highest BCUT2D eigenvalue weighted by Crippen LogP contribution is 2.43. The number of esters is 1. The van der Waals surface area contributed by atoms with Crippen LogP contribution in [0.25, 0.3) is 11.2 Å². The first-order valence-electron chi connectivity index (χ1n) is 13.1. The van der Waals surface area contributed by atoms with Crippen molar-refractivity contribution in [2.45, 2.75) is 61.7 Å². The molecule has 218 valence electrons. The summed E-state index contributed by atoms with van der Waals surface area (Å²) >= 11 is 5.07. The summed E-state index contributed by atoms with van der Waals surface area (Å²) in [4.78, 5) is 51.0. The van der Waals surface area contributed by atoms with Gasteiger partial charge in [0.15, 0.2) is 39.7 Å². The van der Waals surface area contributed by atoms with Crippen LogP contribution >= 0.6 is 27.7 Å². The maximum atomic E-state index is 12.8. The first kappa shape index (κ1) is 28.9. The molecule has 3 aromatic rings. The van der Waals surface area contributed by atoms with E-state index in [1.54, 1.807) is 4.90 Å². The van der Waals surface area contributed by atoms with Gasteiger partial charge in [-0.2, -0.15) is 0 Å². The molecule has 4 heterocycles. The number of aryl methyl sites for hydroxylation is 1. The zero-order chi connectivity index (χ0) is 29.1. The molecule has 15 heteroatoms. The van der Waals surface area contributed by atoms with Crippen LogP contribution in [0.1, 0.15) is 39.0 Å². The number of ether oxygens (including phenoxy) is 3. The lowest BCUT2D eigenvalue weighted by Gasteiger charge is -2.33. The fourth-order valence-electron chi connectivity index (χ4n) is 4.81. The molecule has 0 spiro atoms. The number of likely N-dealkylation sites (tertiary alicyclic amines) is 1. The number of nitrogen functional groups attached to an aromatic ring is 1. The van der Waals surface area contributed by atoms with Crippen LogP contribution in [0, 0.1) is 5.92 Å². The normalized spacial score (nSPS) is 15.7. The maximum Gasteiger partial charge on any atom is 0.306 e.